The summed E-state index contributed by atoms with van der Waals surface area (Å²) in [5.41, 5.74) is 1.16. The summed E-state index contributed by atoms with van der Waals surface area (Å²) in [6.07, 6.45) is 0. The van der Waals surface area contributed by atoms with Crippen LogP contribution in [0.25, 0.3) is 11.5 Å². The van der Waals surface area contributed by atoms with E-state index < -0.39 is 5.41 Å². The summed E-state index contributed by atoms with van der Waals surface area (Å²) in [6, 6.07) is 7.31. The van der Waals surface area contributed by atoms with Crippen molar-refractivity contribution < 1.29 is 9.32 Å². The molecule has 2 rings (SSSR count). The van der Waals surface area contributed by atoms with Crippen LogP contribution in [-0.4, -0.2) is 16.0 Å². The van der Waals surface area contributed by atoms with Crippen LogP contribution < -0.4 is 5.32 Å². The number of amides is 1. The van der Waals surface area contributed by atoms with Crippen LogP contribution >= 0.6 is 0 Å². The second-order valence-electron chi connectivity index (χ2n) is 5.43. The summed E-state index contributed by atoms with van der Waals surface area (Å²) < 4.78 is 5.08. The Kier molecular flexibility index (Phi) is 3.38. The van der Waals surface area contributed by atoms with Crippen molar-refractivity contribution in [1.82, 2.24) is 10.1 Å². The number of hydrogen-bond acceptors (Lipinski definition) is 4. The summed E-state index contributed by atoms with van der Waals surface area (Å²) >= 11 is 0. The molecule has 1 amide bonds. The molecule has 0 bridgehead atoms. The molecule has 0 atom stereocenters. The number of carbonyl (C=O) groups is 1. The Morgan fingerprint density at radius 3 is 2.32 bits per heavy atom. The minimum absolute atomic E-state index is 0.0196. The van der Waals surface area contributed by atoms with Gasteiger partial charge in [0.15, 0.2) is 5.82 Å². The van der Waals surface area contributed by atoms with Crippen molar-refractivity contribution >= 4 is 11.6 Å². The molecule has 1 aromatic heterocycles. The van der Waals surface area contributed by atoms with Crippen molar-refractivity contribution in [2.24, 2.45) is 5.41 Å². The quantitative estimate of drug-likeness (QED) is 0.900. The van der Waals surface area contributed by atoms with Gasteiger partial charge in [-0.1, -0.05) is 25.9 Å². The number of aromatic nitrogens is 2. The van der Waals surface area contributed by atoms with Crippen molar-refractivity contribution in [2.75, 3.05) is 5.32 Å². The summed E-state index contributed by atoms with van der Waals surface area (Å²) in [4.78, 5) is 16.0. The standard InChI is InChI=1S/C14H17N3O2/c1-9-15-12(19-17-9)10-5-7-11(8-6-10)16-13(18)14(2,3)4/h5-8H,1-4H3,(H,16,18). The van der Waals surface area contributed by atoms with Crippen LogP contribution in [0.4, 0.5) is 5.69 Å². The van der Waals surface area contributed by atoms with Gasteiger partial charge in [-0.05, 0) is 31.2 Å². The molecule has 0 aliphatic carbocycles. The number of aryl methyl sites for hydroxylation is 1. The number of nitrogens with zero attached hydrogens (tertiary/aromatic N) is 2. The Morgan fingerprint density at radius 2 is 1.84 bits per heavy atom. The lowest BCUT2D eigenvalue weighted by Crippen LogP contribution is -2.27. The van der Waals surface area contributed by atoms with Crippen molar-refractivity contribution in [1.29, 1.82) is 0 Å². The largest absolute Gasteiger partial charge is 0.334 e. The van der Waals surface area contributed by atoms with Gasteiger partial charge in [-0.3, -0.25) is 4.79 Å². The molecular formula is C14H17N3O2. The fraction of sp³-hybridized carbons (Fsp3) is 0.357. The van der Waals surface area contributed by atoms with Gasteiger partial charge >= 0.3 is 0 Å². The number of rotatable bonds is 2. The Balaban J connectivity index is 2.13. The summed E-state index contributed by atoms with van der Waals surface area (Å²) in [5.74, 6) is 1.06. The topological polar surface area (TPSA) is 68.0 Å². The zero-order chi connectivity index (χ0) is 14.0. The molecule has 0 saturated carbocycles. The first-order valence-electron chi connectivity index (χ1n) is 6.08. The zero-order valence-electron chi connectivity index (χ0n) is 11.5. The number of benzene rings is 1. The minimum atomic E-state index is -0.414. The van der Waals surface area contributed by atoms with E-state index in [9.17, 15) is 4.79 Å². The molecule has 19 heavy (non-hydrogen) atoms. The molecule has 100 valence electrons. The fourth-order valence-corrected chi connectivity index (χ4v) is 1.43. The first kappa shape index (κ1) is 13.3. The highest BCUT2D eigenvalue weighted by Crippen LogP contribution is 2.21. The SMILES string of the molecule is Cc1noc(-c2ccc(NC(=O)C(C)(C)C)cc2)n1. The molecule has 0 spiro atoms. The normalized spacial score (nSPS) is 11.4. The Hall–Kier alpha value is -2.17. The molecule has 1 heterocycles. The van der Waals surface area contributed by atoms with E-state index in [-0.39, 0.29) is 5.91 Å². The number of anilines is 1. The predicted molar refractivity (Wildman–Crippen MR) is 72.6 cm³/mol. The molecule has 2 aromatic rings. The van der Waals surface area contributed by atoms with Crippen LogP contribution in [0, 0.1) is 12.3 Å². The van der Waals surface area contributed by atoms with Crippen LogP contribution in [-0.2, 0) is 4.79 Å². The van der Waals surface area contributed by atoms with E-state index in [4.69, 9.17) is 4.52 Å². The van der Waals surface area contributed by atoms with E-state index in [1.165, 1.54) is 0 Å². The third kappa shape index (κ3) is 3.19. The average molecular weight is 259 g/mol. The lowest BCUT2D eigenvalue weighted by atomic mass is 9.95. The van der Waals surface area contributed by atoms with Gasteiger partial charge < -0.3 is 9.84 Å². The van der Waals surface area contributed by atoms with Crippen LogP contribution in [0.5, 0.6) is 0 Å². The van der Waals surface area contributed by atoms with Crippen molar-refractivity contribution in [2.45, 2.75) is 27.7 Å². The molecule has 1 N–H and O–H groups in total. The lowest BCUT2D eigenvalue weighted by Gasteiger charge is -2.17. The monoisotopic (exact) mass is 259 g/mol. The van der Waals surface area contributed by atoms with Gasteiger partial charge in [0, 0.05) is 16.7 Å². The van der Waals surface area contributed by atoms with Crippen LogP contribution in [0.1, 0.15) is 26.6 Å². The first-order valence-corrected chi connectivity index (χ1v) is 6.08. The summed E-state index contributed by atoms with van der Waals surface area (Å²) in [5, 5.41) is 6.60. The van der Waals surface area contributed by atoms with Gasteiger partial charge in [0.25, 0.3) is 5.89 Å². The Bertz CT molecular complexity index is 579. The van der Waals surface area contributed by atoms with E-state index >= 15 is 0 Å². The predicted octanol–water partition coefficient (Wildman–Crippen LogP) is 3.03. The van der Waals surface area contributed by atoms with Crippen molar-refractivity contribution in [3.05, 3.63) is 30.1 Å². The van der Waals surface area contributed by atoms with Gasteiger partial charge in [-0.15, -0.1) is 0 Å². The van der Waals surface area contributed by atoms with Crippen LogP contribution in [0.2, 0.25) is 0 Å². The molecule has 0 radical (unpaired) electrons. The Morgan fingerprint density at radius 1 is 1.21 bits per heavy atom. The van der Waals surface area contributed by atoms with E-state index in [1.54, 1.807) is 6.92 Å². The molecule has 5 nitrogen and oxygen atoms in total. The third-order valence-corrected chi connectivity index (χ3v) is 2.60. The maximum Gasteiger partial charge on any atom is 0.257 e. The fourth-order valence-electron chi connectivity index (χ4n) is 1.43. The molecule has 1 aromatic carbocycles. The van der Waals surface area contributed by atoms with Crippen molar-refractivity contribution in [3.63, 3.8) is 0 Å². The molecule has 0 saturated heterocycles. The zero-order valence-corrected chi connectivity index (χ0v) is 11.5. The summed E-state index contributed by atoms with van der Waals surface area (Å²) in [7, 11) is 0. The average Bonchev–Trinajstić information content (AvgIpc) is 2.75. The Labute approximate surface area is 112 Å². The molecule has 0 fully saturated rings. The molecule has 0 aliphatic heterocycles. The summed E-state index contributed by atoms with van der Waals surface area (Å²) in [6.45, 7) is 7.39. The van der Waals surface area contributed by atoms with Gasteiger partial charge in [-0.2, -0.15) is 4.98 Å². The molecule has 0 unspecified atom stereocenters. The molecular weight excluding hydrogens is 242 g/mol. The molecule has 5 heteroatoms. The molecule has 0 aliphatic rings. The van der Waals surface area contributed by atoms with Gasteiger partial charge in [0.2, 0.25) is 5.91 Å². The maximum absolute atomic E-state index is 11.8. The van der Waals surface area contributed by atoms with Gasteiger partial charge in [0.05, 0.1) is 0 Å². The lowest BCUT2D eigenvalue weighted by molar-refractivity contribution is -0.123. The highest BCUT2D eigenvalue weighted by atomic mass is 16.5. The van der Waals surface area contributed by atoms with Crippen LogP contribution in [0.3, 0.4) is 0 Å². The third-order valence-electron chi connectivity index (χ3n) is 2.60. The van der Waals surface area contributed by atoms with Gasteiger partial charge in [0.1, 0.15) is 0 Å². The maximum atomic E-state index is 11.8. The number of hydrogen-bond donors (Lipinski definition) is 1. The second-order valence-corrected chi connectivity index (χ2v) is 5.43. The number of nitrogens with one attached hydrogen (secondary N) is 1. The highest BCUT2D eigenvalue weighted by Gasteiger charge is 2.21. The second kappa shape index (κ2) is 4.84. The van der Waals surface area contributed by atoms with Crippen LogP contribution in [0.15, 0.2) is 28.8 Å². The van der Waals surface area contributed by atoms with E-state index in [1.807, 2.05) is 45.0 Å². The van der Waals surface area contributed by atoms with E-state index in [0.29, 0.717) is 11.7 Å². The van der Waals surface area contributed by atoms with Gasteiger partial charge in [-0.25, -0.2) is 0 Å². The van der Waals surface area contributed by atoms with E-state index in [0.717, 1.165) is 11.3 Å². The van der Waals surface area contributed by atoms with Crippen molar-refractivity contribution in [3.8, 4) is 11.5 Å². The first-order chi connectivity index (χ1) is 8.86. The van der Waals surface area contributed by atoms with E-state index in [2.05, 4.69) is 15.5 Å². The highest BCUT2D eigenvalue weighted by molar-refractivity contribution is 5.94. The smallest absolute Gasteiger partial charge is 0.257 e. The minimum Gasteiger partial charge on any atom is -0.334 e. The number of carbonyl (C=O) groups excluding carboxylic acids is 1.